The van der Waals surface area contributed by atoms with E-state index in [2.05, 4.69) is 10.5 Å². The van der Waals surface area contributed by atoms with E-state index in [9.17, 15) is 18.4 Å². The van der Waals surface area contributed by atoms with Crippen molar-refractivity contribution in [1.82, 2.24) is 5.32 Å². The second-order valence-corrected chi connectivity index (χ2v) is 5.98. The number of rotatable bonds is 5. The molecular formula is C16H16F2N2O6. The molecule has 0 spiro atoms. The molecule has 1 aromatic carbocycles. The second-order valence-electron chi connectivity index (χ2n) is 5.98. The number of aliphatic carboxylic acids is 1. The van der Waals surface area contributed by atoms with Crippen LogP contribution in [-0.2, 0) is 23.9 Å². The number of ether oxygens (including phenoxy) is 2. The number of nitrogens with one attached hydrogen (secondary N) is 1. The van der Waals surface area contributed by atoms with Gasteiger partial charge in [-0.3, -0.25) is 9.59 Å². The molecular weight excluding hydrogens is 354 g/mol. The molecule has 0 aliphatic carbocycles. The lowest BCUT2D eigenvalue weighted by Gasteiger charge is -2.26. The maximum Gasteiger partial charge on any atom is 0.321 e. The van der Waals surface area contributed by atoms with Gasteiger partial charge < -0.3 is 24.7 Å². The number of carbonyl (C=O) groups excluding carboxylic acids is 1. The molecule has 2 aliphatic rings. The number of benzene rings is 1. The minimum Gasteiger partial charge on any atom is -0.481 e. The van der Waals surface area contributed by atoms with Crippen molar-refractivity contribution in [2.24, 2.45) is 11.1 Å². The van der Waals surface area contributed by atoms with Gasteiger partial charge in [0.2, 0.25) is 0 Å². The molecule has 1 saturated heterocycles. The van der Waals surface area contributed by atoms with Crippen molar-refractivity contribution in [2.45, 2.75) is 18.2 Å². The van der Waals surface area contributed by atoms with E-state index in [4.69, 9.17) is 19.4 Å². The highest BCUT2D eigenvalue weighted by atomic mass is 19.1. The van der Waals surface area contributed by atoms with Crippen molar-refractivity contribution < 1.29 is 37.8 Å². The molecule has 140 valence electrons. The van der Waals surface area contributed by atoms with Crippen molar-refractivity contribution >= 4 is 17.6 Å². The molecule has 2 heterocycles. The van der Waals surface area contributed by atoms with Gasteiger partial charge in [0.05, 0.1) is 31.4 Å². The summed E-state index contributed by atoms with van der Waals surface area (Å²) in [5, 5.41) is 15.4. The van der Waals surface area contributed by atoms with E-state index in [-0.39, 0.29) is 30.9 Å². The average molecular weight is 370 g/mol. The summed E-state index contributed by atoms with van der Waals surface area (Å²) in [6.07, 6.45) is -0.205. The van der Waals surface area contributed by atoms with Gasteiger partial charge in [0, 0.05) is 18.7 Å². The summed E-state index contributed by atoms with van der Waals surface area (Å²) in [5.74, 6) is -6.20. The monoisotopic (exact) mass is 370 g/mol. The highest BCUT2D eigenvalue weighted by Gasteiger charge is 2.49. The Morgan fingerprint density at radius 2 is 2.00 bits per heavy atom. The zero-order valence-corrected chi connectivity index (χ0v) is 13.7. The fraction of sp³-hybridized carbons (Fsp3) is 0.438. The quantitative estimate of drug-likeness (QED) is 0.788. The van der Waals surface area contributed by atoms with Gasteiger partial charge in [-0.2, -0.15) is 0 Å². The number of oxime groups is 1. The first kappa shape index (κ1) is 18.2. The Morgan fingerprint density at radius 3 is 2.62 bits per heavy atom. The van der Waals surface area contributed by atoms with Gasteiger partial charge in [-0.05, 0) is 12.1 Å². The van der Waals surface area contributed by atoms with E-state index >= 15 is 0 Å². The average Bonchev–Trinajstić information content (AvgIpc) is 3.21. The predicted molar refractivity (Wildman–Crippen MR) is 82.2 cm³/mol. The van der Waals surface area contributed by atoms with Crippen molar-refractivity contribution in [3.8, 4) is 0 Å². The van der Waals surface area contributed by atoms with Gasteiger partial charge in [0.15, 0.2) is 0 Å². The van der Waals surface area contributed by atoms with Crippen molar-refractivity contribution in [3.63, 3.8) is 0 Å². The maximum atomic E-state index is 13.4. The molecule has 0 bridgehead atoms. The van der Waals surface area contributed by atoms with Crippen LogP contribution in [0.5, 0.6) is 0 Å². The molecule has 3 unspecified atom stereocenters. The normalized spacial score (nSPS) is 27.7. The lowest BCUT2D eigenvalue weighted by atomic mass is 10.00. The number of carboxylic acid groups (broad SMARTS) is 1. The Kier molecular flexibility index (Phi) is 4.88. The van der Waals surface area contributed by atoms with Gasteiger partial charge in [0.1, 0.15) is 17.6 Å². The molecule has 2 N–H and O–H groups in total. The molecule has 26 heavy (non-hydrogen) atoms. The third-order valence-electron chi connectivity index (χ3n) is 4.29. The summed E-state index contributed by atoms with van der Waals surface area (Å²) in [7, 11) is 1.21. The Labute approximate surface area is 146 Å². The topological polar surface area (TPSA) is 106 Å². The number of carboxylic acids is 1. The largest absolute Gasteiger partial charge is 0.481 e. The van der Waals surface area contributed by atoms with E-state index in [0.717, 1.165) is 12.1 Å². The molecule has 8 nitrogen and oxygen atoms in total. The highest BCUT2D eigenvalue weighted by molar-refractivity contribution is 6.05. The van der Waals surface area contributed by atoms with Crippen molar-refractivity contribution in [1.29, 1.82) is 0 Å². The first-order valence-electron chi connectivity index (χ1n) is 7.73. The smallest absolute Gasteiger partial charge is 0.321 e. The minimum absolute atomic E-state index is 0.0224. The summed E-state index contributed by atoms with van der Waals surface area (Å²) in [6.45, 7) is 0.0107. The Morgan fingerprint density at radius 1 is 1.31 bits per heavy atom. The Balaban J connectivity index is 1.74. The zero-order chi connectivity index (χ0) is 18.9. The van der Waals surface area contributed by atoms with Crippen molar-refractivity contribution in [2.75, 3.05) is 20.3 Å². The van der Waals surface area contributed by atoms with E-state index in [0.29, 0.717) is 6.07 Å². The van der Waals surface area contributed by atoms with Crippen LogP contribution in [0.15, 0.2) is 23.4 Å². The lowest BCUT2D eigenvalue weighted by molar-refractivity contribution is -0.209. The van der Waals surface area contributed by atoms with Crippen LogP contribution in [0.3, 0.4) is 0 Å². The number of hydrogen-bond donors (Lipinski definition) is 2. The van der Waals surface area contributed by atoms with Gasteiger partial charge >= 0.3 is 11.8 Å². The number of amides is 1. The van der Waals surface area contributed by atoms with Crippen LogP contribution in [0.4, 0.5) is 8.78 Å². The Hall–Kier alpha value is -2.59. The van der Waals surface area contributed by atoms with Gasteiger partial charge in [-0.1, -0.05) is 5.16 Å². The lowest BCUT2D eigenvalue weighted by Crippen LogP contribution is -2.54. The van der Waals surface area contributed by atoms with Gasteiger partial charge in [-0.25, -0.2) is 8.78 Å². The molecule has 3 rings (SSSR count). The number of carbonyl (C=O) groups is 2. The van der Waals surface area contributed by atoms with Crippen LogP contribution in [0.2, 0.25) is 0 Å². The Bertz CT molecular complexity index is 751. The SMILES string of the molecule is COC1(C(=O)NC2COCC2C(=O)O)CC(c2cc(F)cc(F)c2)=NO1. The van der Waals surface area contributed by atoms with Crippen molar-refractivity contribution in [3.05, 3.63) is 35.4 Å². The van der Waals surface area contributed by atoms with Crippen LogP contribution in [0.1, 0.15) is 12.0 Å². The third kappa shape index (κ3) is 3.37. The number of hydrogen-bond acceptors (Lipinski definition) is 6. The fourth-order valence-corrected chi connectivity index (χ4v) is 2.83. The molecule has 0 aromatic heterocycles. The van der Waals surface area contributed by atoms with Crippen LogP contribution in [-0.4, -0.2) is 54.8 Å². The fourth-order valence-electron chi connectivity index (χ4n) is 2.83. The van der Waals surface area contributed by atoms with Crippen LogP contribution in [0, 0.1) is 17.6 Å². The zero-order valence-electron chi connectivity index (χ0n) is 13.7. The minimum atomic E-state index is -1.86. The van der Waals surface area contributed by atoms with E-state index in [1.165, 1.54) is 7.11 Å². The van der Waals surface area contributed by atoms with E-state index in [1.807, 2.05) is 0 Å². The molecule has 0 radical (unpaired) electrons. The molecule has 3 atom stereocenters. The van der Waals surface area contributed by atoms with Crippen LogP contribution < -0.4 is 5.32 Å². The number of methoxy groups -OCH3 is 1. The van der Waals surface area contributed by atoms with Crippen LogP contribution in [0.25, 0.3) is 0 Å². The molecule has 1 aromatic rings. The summed E-state index contributed by atoms with van der Waals surface area (Å²) >= 11 is 0. The third-order valence-corrected chi connectivity index (χ3v) is 4.29. The molecule has 10 heteroatoms. The van der Waals surface area contributed by atoms with Gasteiger partial charge in [-0.15, -0.1) is 0 Å². The molecule has 1 amide bonds. The summed E-state index contributed by atoms with van der Waals surface area (Å²) < 4.78 is 37.0. The highest BCUT2D eigenvalue weighted by Crippen LogP contribution is 2.29. The van der Waals surface area contributed by atoms with E-state index < -0.39 is 41.3 Å². The summed E-state index contributed by atoms with van der Waals surface area (Å²) in [4.78, 5) is 28.9. The summed E-state index contributed by atoms with van der Waals surface area (Å²) in [5.41, 5.74) is 0.236. The summed E-state index contributed by atoms with van der Waals surface area (Å²) in [6, 6.07) is 2.06. The standard InChI is InChI=1S/C16H16F2N2O6/c1-24-16(15(23)19-13-7-25-6-11(13)14(21)22)5-12(20-26-16)8-2-9(17)4-10(18)3-8/h2-4,11,13H,5-7H2,1H3,(H,19,23)(H,21,22). The predicted octanol–water partition coefficient (Wildman–Crippen LogP) is 0.648. The maximum absolute atomic E-state index is 13.4. The van der Waals surface area contributed by atoms with Gasteiger partial charge in [0.25, 0.3) is 5.91 Å². The second kappa shape index (κ2) is 6.96. The van der Waals surface area contributed by atoms with E-state index in [1.54, 1.807) is 0 Å². The molecule has 0 saturated carbocycles. The number of halogens is 2. The van der Waals surface area contributed by atoms with Crippen LogP contribution >= 0.6 is 0 Å². The first-order valence-corrected chi connectivity index (χ1v) is 7.73. The first-order chi connectivity index (χ1) is 12.3. The number of nitrogens with zero attached hydrogens (tertiary/aromatic N) is 1. The molecule has 2 aliphatic heterocycles. The molecule has 1 fully saturated rings.